The van der Waals surface area contributed by atoms with Crippen LogP contribution in [-0.2, 0) is 4.74 Å². The van der Waals surface area contributed by atoms with Gasteiger partial charge in [0, 0.05) is 32.3 Å². The number of piperidine rings is 1. The lowest BCUT2D eigenvalue weighted by molar-refractivity contribution is 0.131. The number of benzene rings is 1. The molecule has 0 aromatic heterocycles. The molecule has 1 saturated carbocycles. The van der Waals surface area contributed by atoms with Crippen LogP contribution in [-0.4, -0.2) is 51.4 Å². The minimum absolute atomic E-state index is 0. The molecule has 1 unspecified atom stereocenters. The first-order valence-electron chi connectivity index (χ1n) is 10.2. The highest BCUT2D eigenvalue weighted by Gasteiger charge is 2.23. The van der Waals surface area contributed by atoms with Crippen molar-refractivity contribution in [2.75, 3.05) is 44.3 Å². The first kappa shape index (κ1) is 22.8. The second-order valence-electron chi connectivity index (χ2n) is 7.34. The number of anilines is 1. The number of guanidine groups is 1. The van der Waals surface area contributed by atoms with Gasteiger partial charge in [-0.1, -0.05) is 12.1 Å². The van der Waals surface area contributed by atoms with E-state index in [0.717, 1.165) is 62.2 Å². The van der Waals surface area contributed by atoms with Crippen molar-refractivity contribution in [1.82, 2.24) is 10.6 Å². The van der Waals surface area contributed by atoms with Crippen molar-refractivity contribution >= 4 is 35.6 Å². The van der Waals surface area contributed by atoms with Gasteiger partial charge in [-0.25, -0.2) is 0 Å². The molecule has 0 radical (unpaired) electrons. The molecule has 7 heteroatoms. The lowest BCUT2D eigenvalue weighted by atomic mass is 10.0. The highest BCUT2D eigenvalue weighted by Crippen LogP contribution is 2.28. The van der Waals surface area contributed by atoms with E-state index in [1.54, 1.807) is 0 Å². The Kier molecular flexibility index (Phi) is 9.85. The third-order valence-corrected chi connectivity index (χ3v) is 5.03. The van der Waals surface area contributed by atoms with Crippen molar-refractivity contribution in [2.45, 2.75) is 38.6 Å². The van der Waals surface area contributed by atoms with Gasteiger partial charge in [0.1, 0.15) is 6.07 Å². The molecule has 0 amide bonds. The number of hydrogen-bond donors (Lipinski definition) is 2. The Bertz CT molecular complexity index is 671. The average Bonchev–Trinajstić information content (AvgIpc) is 3.52. The monoisotopic (exact) mass is 497 g/mol. The van der Waals surface area contributed by atoms with Gasteiger partial charge in [-0.3, -0.25) is 4.99 Å². The summed E-state index contributed by atoms with van der Waals surface area (Å²) >= 11 is 0. The van der Waals surface area contributed by atoms with Crippen molar-refractivity contribution in [3.8, 4) is 6.07 Å². The molecule has 2 N–H and O–H groups in total. The van der Waals surface area contributed by atoms with Gasteiger partial charge in [-0.2, -0.15) is 5.26 Å². The van der Waals surface area contributed by atoms with Crippen LogP contribution in [0.15, 0.2) is 29.3 Å². The van der Waals surface area contributed by atoms with E-state index in [2.05, 4.69) is 33.5 Å². The summed E-state index contributed by atoms with van der Waals surface area (Å²) in [6, 6.07) is 10.5. The number of hydrogen-bond acceptors (Lipinski definition) is 4. The van der Waals surface area contributed by atoms with Crippen molar-refractivity contribution in [2.24, 2.45) is 10.9 Å². The minimum atomic E-state index is 0. The molecule has 0 bridgehead atoms. The van der Waals surface area contributed by atoms with Crippen LogP contribution in [0.2, 0.25) is 0 Å². The lowest BCUT2D eigenvalue weighted by Gasteiger charge is -2.35. The van der Waals surface area contributed by atoms with Gasteiger partial charge in [0.05, 0.1) is 24.4 Å². The van der Waals surface area contributed by atoms with Gasteiger partial charge in [0.15, 0.2) is 5.96 Å². The molecule has 2 aliphatic rings. The van der Waals surface area contributed by atoms with Crippen LogP contribution in [0, 0.1) is 17.2 Å². The number of nitrogens with one attached hydrogen (secondary N) is 2. The third-order valence-electron chi connectivity index (χ3n) is 5.03. The second-order valence-corrected chi connectivity index (χ2v) is 7.34. The number of ether oxygens (including phenoxy) is 1. The molecular weight excluding hydrogens is 465 g/mol. The molecule has 3 rings (SSSR count). The maximum Gasteiger partial charge on any atom is 0.191 e. The maximum absolute atomic E-state index is 9.38. The van der Waals surface area contributed by atoms with Gasteiger partial charge in [-0.05, 0) is 50.7 Å². The SMILES string of the molecule is CCNC(=NCCOCC1CC1)NC1CCCN(c2ccccc2C#N)C1.I. The Morgan fingerprint density at radius 3 is 2.89 bits per heavy atom. The summed E-state index contributed by atoms with van der Waals surface area (Å²) in [5.74, 6) is 1.65. The van der Waals surface area contributed by atoms with Crippen LogP contribution in [0.1, 0.15) is 38.2 Å². The summed E-state index contributed by atoms with van der Waals surface area (Å²) < 4.78 is 5.68. The topological polar surface area (TPSA) is 72.7 Å². The number of aliphatic imine (C=N–C) groups is 1. The number of para-hydroxylation sites is 1. The predicted octanol–water partition coefficient (Wildman–Crippen LogP) is 3.13. The van der Waals surface area contributed by atoms with Crippen LogP contribution in [0.4, 0.5) is 5.69 Å². The largest absolute Gasteiger partial charge is 0.379 e. The fourth-order valence-corrected chi connectivity index (χ4v) is 3.43. The van der Waals surface area contributed by atoms with Crippen LogP contribution in [0.3, 0.4) is 0 Å². The van der Waals surface area contributed by atoms with E-state index >= 15 is 0 Å². The second kappa shape index (κ2) is 12.1. The van der Waals surface area contributed by atoms with E-state index in [1.807, 2.05) is 24.3 Å². The molecule has 1 aliphatic heterocycles. The standard InChI is InChI=1S/C21H31N5O.HI/c1-2-23-21(24-11-13-27-16-17-9-10-17)25-19-7-5-12-26(15-19)20-8-4-3-6-18(20)14-22;/h3-4,6,8,17,19H,2,5,7,9-13,15-16H2,1H3,(H2,23,24,25);1H. The van der Waals surface area contributed by atoms with E-state index < -0.39 is 0 Å². The Labute approximate surface area is 185 Å². The normalized spacial score (nSPS) is 19.5. The molecule has 6 nitrogen and oxygen atoms in total. The first-order chi connectivity index (χ1) is 13.3. The number of halogens is 1. The quantitative estimate of drug-likeness (QED) is 0.250. The molecule has 1 atom stereocenters. The van der Waals surface area contributed by atoms with Crippen molar-refractivity contribution in [3.63, 3.8) is 0 Å². The van der Waals surface area contributed by atoms with Crippen LogP contribution in [0.25, 0.3) is 0 Å². The molecule has 1 aromatic rings. The summed E-state index contributed by atoms with van der Waals surface area (Å²) in [7, 11) is 0. The van der Waals surface area contributed by atoms with Gasteiger partial charge < -0.3 is 20.3 Å². The zero-order valence-electron chi connectivity index (χ0n) is 16.7. The smallest absolute Gasteiger partial charge is 0.191 e. The molecule has 28 heavy (non-hydrogen) atoms. The fraction of sp³-hybridized carbons (Fsp3) is 0.619. The number of nitrogens with zero attached hydrogens (tertiary/aromatic N) is 3. The molecule has 154 valence electrons. The highest BCUT2D eigenvalue weighted by molar-refractivity contribution is 14.0. The summed E-state index contributed by atoms with van der Waals surface area (Å²) in [5, 5.41) is 16.3. The van der Waals surface area contributed by atoms with Gasteiger partial charge >= 0.3 is 0 Å². The highest BCUT2D eigenvalue weighted by atomic mass is 127. The van der Waals surface area contributed by atoms with E-state index in [4.69, 9.17) is 4.74 Å². The maximum atomic E-state index is 9.38. The average molecular weight is 497 g/mol. The lowest BCUT2D eigenvalue weighted by Crippen LogP contribution is -2.51. The zero-order chi connectivity index (χ0) is 18.9. The van der Waals surface area contributed by atoms with Gasteiger partial charge in [0.25, 0.3) is 0 Å². The fourth-order valence-electron chi connectivity index (χ4n) is 3.43. The summed E-state index contributed by atoms with van der Waals surface area (Å²) in [4.78, 5) is 6.96. The number of nitriles is 1. The van der Waals surface area contributed by atoms with Crippen molar-refractivity contribution in [1.29, 1.82) is 5.26 Å². The molecule has 1 aromatic carbocycles. The number of rotatable bonds is 8. The summed E-state index contributed by atoms with van der Waals surface area (Å²) in [6.45, 7) is 7.02. The Morgan fingerprint density at radius 2 is 2.14 bits per heavy atom. The van der Waals surface area contributed by atoms with Gasteiger partial charge in [0.2, 0.25) is 0 Å². The molecule has 1 heterocycles. The summed E-state index contributed by atoms with van der Waals surface area (Å²) in [6.07, 6.45) is 4.84. The summed E-state index contributed by atoms with van der Waals surface area (Å²) in [5.41, 5.74) is 1.77. The predicted molar refractivity (Wildman–Crippen MR) is 124 cm³/mol. The first-order valence-corrected chi connectivity index (χ1v) is 10.2. The molecule has 1 aliphatic carbocycles. The van der Waals surface area contributed by atoms with Crippen LogP contribution >= 0.6 is 24.0 Å². The Morgan fingerprint density at radius 1 is 1.32 bits per heavy atom. The van der Waals surface area contributed by atoms with Crippen molar-refractivity contribution < 1.29 is 4.74 Å². The van der Waals surface area contributed by atoms with E-state index in [9.17, 15) is 5.26 Å². The van der Waals surface area contributed by atoms with E-state index in [0.29, 0.717) is 19.2 Å². The molecular formula is C21H32IN5O. The molecule has 1 saturated heterocycles. The Hall–Kier alpha value is -1.53. The Balaban J connectivity index is 0.00000280. The zero-order valence-corrected chi connectivity index (χ0v) is 19.0. The third kappa shape index (κ3) is 7.13. The van der Waals surface area contributed by atoms with E-state index in [1.165, 1.54) is 12.8 Å². The molecule has 0 spiro atoms. The van der Waals surface area contributed by atoms with Crippen LogP contribution in [0.5, 0.6) is 0 Å². The van der Waals surface area contributed by atoms with Crippen molar-refractivity contribution in [3.05, 3.63) is 29.8 Å². The van der Waals surface area contributed by atoms with Gasteiger partial charge in [-0.15, -0.1) is 24.0 Å². The molecule has 2 fully saturated rings. The van der Waals surface area contributed by atoms with Crippen LogP contribution < -0.4 is 15.5 Å². The van der Waals surface area contributed by atoms with E-state index in [-0.39, 0.29) is 24.0 Å². The minimum Gasteiger partial charge on any atom is -0.379 e.